The molecule has 0 bridgehead atoms. The Morgan fingerprint density at radius 1 is 1.26 bits per heavy atom. The van der Waals surface area contributed by atoms with Crippen molar-refractivity contribution in [2.45, 2.75) is 38.9 Å². The first kappa shape index (κ1) is 14.0. The average Bonchev–Trinajstić information content (AvgIpc) is 2.47. The van der Waals surface area contributed by atoms with Crippen molar-refractivity contribution in [2.24, 2.45) is 5.92 Å². The van der Waals surface area contributed by atoms with Crippen LogP contribution in [-0.2, 0) is 15.3 Å². The van der Waals surface area contributed by atoms with E-state index in [4.69, 9.17) is 14.7 Å². The zero-order chi connectivity index (χ0) is 13.7. The van der Waals surface area contributed by atoms with E-state index in [0.29, 0.717) is 11.5 Å². The van der Waals surface area contributed by atoms with Crippen molar-refractivity contribution in [1.82, 2.24) is 0 Å². The van der Waals surface area contributed by atoms with E-state index >= 15 is 0 Å². The second kappa shape index (κ2) is 6.18. The van der Waals surface area contributed by atoms with Gasteiger partial charge in [0.05, 0.1) is 24.8 Å². The predicted molar refractivity (Wildman–Crippen MR) is 73.4 cm³/mol. The molecule has 1 saturated heterocycles. The van der Waals surface area contributed by atoms with E-state index in [1.54, 1.807) is 0 Å². The maximum atomic E-state index is 8.87. The SMILES string of the molecule is CCCCC1(c2ccc(C#N)cc2)OCC(C)CO1. The first-order valence-electron chi connectivity index (χ1n) is 6.99. The number of hydrogen-bond donors (Lipinski definition) is 0. The fraction of sp³-hybridized carbons (Fsp3) is 0.562. The molecular formula is C16H21NO2. The minimum atomic E-state index is -0.615. The monoisotopic (exact) mass is 259 g/mol. The molecule has 19 heavy (non-hydrogen) atoms. The van der Waals surface area contributed by atoms with Crippen LogP contribution in [0.25, 0.3) is 0 Å². The van der Waals surface area contributed by atoms with Gasteiger partial charge in [0, 0.05) is 17.9 Å². The van der Waals surface area contributed by atoms with Crippen molar-refractivity contribution in [3.63, 3.8) is 0 Å². The van der Waals surface area contributed by atoms with Crippen molar-refractivity contribution < 1.29 is 9.47 Å². The lowest BCUT2D eigenvalue weighted by molar-refractivity contribution is -0.294. The summed E-state index contributed by atoms with van der Waals surface area (Å²) >= 11 is 0. The Bertz CT molecular complexity index is 433. The fourth-order valence-electron chi connectivity index (χ4n) is 2.31. The number of hydrogen-bond acceptors (Lipinski definition) is 3. The van der Waals surface area contributed by atoms with Gasteiger partial charge in [0.2, 0.25) is 0 Å². The lowest BCUT2D eigenvalue weighted by Crippen LogP contribution is -2.41. The predicted octanol–water partition coefficient (Wildman–Crippen LogP) is 3.58. The molecule has 0 atom stereocenters. The van der Waals surface area contributed by atoms with E-state index in [1.807, 2.05) is 24.3 Å². The molecule has 1 heterocycles. The Hall–Kier alpha value is -1.37. The van der Waals surface area contributed by atoms with E-state index in [2.05, 4.69) is 19.9 Å². The van der Waals surface area contributed by atoms with Crippen LogP contribution in [0, 0.1) is 17.2 Å². The molecule has 0 N–H and O–H groups in total. The van der Waals surface area contributed by atoms with E-state index < -0.39 is 5.79 Å². The average molecular weight is 259 g/mol. The molecule has 0 saturated carbocycles. The minimum absolute atomic E-state index is 0.438. The number of ether oxygens (including phenoxy) is 2. The largest absolute Gasteiger partial charge is 0.345 e. The molecule has 0 unspecified atom stereocenters. The molecule has 1 aliphatic heterocycles. The van der Waals surface area contributed by atoms with Gasteiger partial charge in [0.15, 0.2) is 5.79 Å². The van der Waals surface area contributed by atoms with Gasteiger partial charge in [-0.2, -0.15) is 5.26 Å². The van der Waals surface area contributed by atoms with Crippen LogP contribution in [0.5, 0.6) is 0 Å². The van der Waals surface area contributed by atoms with Crippen LogP contribution in [0.3, 0.4) is 0 Å². The molecule has 2 rings (SSSR count). The van der Waals surface area contributed by atoms with E-state index in [9.17, 15) is 0 Å². The zero-order valence-corrected chi connectivity index (χ0v) is 11.7. The smallest absolute Gasteiger partial charge is 0.194 e. The van der Waals surface area contributed by atoms with E-state index in [1.165, 1.54) is 0 Å². The van der Waals surface area contributed by atoms with Crippen molar-refractivity contribution >= 4 is 0 Å². The summed E-state index contributed by atoms with van der Waals surface area (Å²) in [6, 6.07) is 9.69. The van der Waals surface area contributed by atoms with Crippen molar-refractivity contribution in [1.29, 1.82) is 5.26 Å². The highest BCUT2D eigenvalue weighted by atomic mass is 16.7. The van der Waals surface area contributed by atoms with Gasteiger partial charge in [0.1, 0.15) is 0 Å². The topological polar surface area (TPSA) is 42.2 Å². The molecule has 102 valence electrons. The molecule has 0 radical (unpaired) electrons. The highest BCUT2D eigenvalue weighted by Crippen LogP contribution is 2.36. The minimum Gasteiger partial charge on any atom is -0.345 e. The molecule has 3 nitrogen and oxygen atoms in total. The number of unbranched alkanes of at least 4 members (excludes halogenated alkanes) is 1. The van der Waals surface area contributed by atoms with Crippen LogP contribution in [0.15, 0.2) is 24.3 Å². The van der Waals surface area contributed by atoms with Crippen LogP contribution in [0.1, 0.15) is 44.2 Å². The first-order valence-corrected chi connectivity index (χ1v) is 6.99. The van der Waals surface area contributed by atoms with Crippen LogP contribution < -0.4 is 0 Å². The molecule has 3 heteroatoms. The molecular weight excluding hydrogens is 238 g/mol. The summed E-state index contributed by atoms with van der Waals surface area (Å²) in [6.45, 7) is 5.74. The summed E-state index contributed by atoms with van der Waals surface area (Å²) in [6.07, 6.45) is 3.04. The molecule has 0 aliphatic carbocycles. The molecule has 1 aromatic rings. The van der Waals surface area contributed by atoms with Gasteiger partial charge >= 0.3 is 0 Å². The van der Waals surface area contributed by atoms with Gasteiger partial charge < -0.3 is 9.47 Å². The summed E-state index contributed by atoms with van der Waals surface area (Å²) in [5.41, 5.74) is 1.69. The summed E-state index contributed by atoms with van der Waals surface area (Å²) in [4.78, 5) is 0. The summed E-state index contributed by atoms with van der Waals surface area (Å²) in [5.74, 6) is -0.176. The van der Waals surface area contributed by atoms with Crippen LogP contribution in [0.2, 0.25) is 0 Å². The molecule has 1 fully saturated rings. The quantitative estimate of drug-likeness (QED) is 0.830. The molecule has 1 aliphatic rings. The lowest BCUT2D eigenvalue weighted by Gasteiger charge is -2.40. The zero-order valence-electron chi connectivity index (χ0n) is 11.7. The molecule has 0 aromatic heterocycles. The number of rotatable bonds is 4. The van der Waals surface area contributed by atoms with Gasteiger partial charge in [-0.3, -0.25) is 0 Å². The second-order valence-electron chi connectivity index (χ2n) is 5.27. The third-order valence-corrected chi connectivity index (χ3v) is 3.52. The number of nitrogens with zero attached hydrogens (tertiary/aromatic N) is 1. The van der Waals surface area contributed by atoms with Gasteiger partial charge in [-0.1, -0.05) is 32.4 Å². The van der Waals surface area contributed by atoms with Gasteiger partial charge in [0.25, 0.3) is 0 Å². The maximum absolute atomic E-state index is 8.87. The normalized spacial score (nSPS) is 26.9. The third kappa shape index (κ3) is 3.15. The number of nitriles is 1. The Balaban J connectivity index is 2.23. The Kier molecular flexibility index (Phi) is 4.57. The fourth-order valence-corrected chi connectivity index (χ4v) is 2.31. The number of benzene rings is 1. The van der Waals surface area contributed by atoms with E-state index in [0.717, 1.165) is 38.0 Å². The second-order valence-corrected chi connectivity index (χ2v) is 5.27. The highest BCUT2D eigenvalue weighted by Gasteiger charge is 2.37. The summed E-state index contributed by atoms with van der Waals surface area (Å²) in [5, 5.41) is 8.87. The molecule has 0 spiro atoms. The van der Waals surface area contributed by atoms with Crippen molar-refractivity contribution in [3.8, 4) is 6.07 Å². The van der Waals surface area contributed by atoms with E-state index in [-0.39, 0.29) is 0 Å². The highest BCUT2D eigenvalue weighted by molar-refractivity contribution is 5.33. The third-order valence-electron chi connectivity index (χ3n) is 3.52. The van der Waals surface area contributed by atoms with Gasteiger partial charge in [-0.15, -0.1) is 0 Å². The molecule has 1 aromatic carbocycles. The van der Waals surface area contributed by atoms with Crippen LogP contribution in [-0.4, -0.2) is 13.2 Å². The summed E-state index contributed by atoms with van der Waals surface area (Å²) in [7, 11) is 0. The van der Waals surface area contributed by atoms with Crippen LogP contribution in [0.4, 0.5) is 0 Å². The van der Waals surface area contributed by atoms with Gasteiger partial charge in [-0.05, 0) is 18.6 Å². The van der Waals surface area contributed by atoms with Crippen LogP contribution >= 0.6 is 0 Å². The Morgan fingerprint density at radius 3 is 2.42 bits per heavy atom. The molecule has 0 amide bonds. The Morgan fingerprint density at radius 2 is 1.89 bits per heavy atom. The maximum Gasteiger partial charge on any atom is 0.194 e. The standard InChI is InChI=1S/C16H21NO2/c1-3-4-9-16(18-11-13(2)12-19-16)15-7-5-14(10-17)6-8-15/h5-8,13H,3-4,9,11-12H2,1-2H3. The first-order chi connectivity index (χ1) is 9.20. The van der Waals surface area contributed by atoms with Gasteiger partial charge in [-0.25, -0.2) is 0 Å². The summed E-state index contributed by atoms with van der Waals surface area (Å²) < 4.78 is 12.1. The van der Waals surface area contributed by atoms with Crippen molar-refractivity contribution in [3.05, 3.63) is 35.4 Å². The Labute approximate surface area is 115 Å². The van der Waals surface area contributed by atoms with Crippen molar-refractivity contribution in [2.75, 3.05) is 13.2 Å². The lowest BCUT2D eigenvalue weighted by atomic mass is 9.97.